The van der Waals surface area contributed by atoms with E-state index in [1.165, 1.54) is 0 Å². The van der Waals surface area contributed by atoms with Gasteiger partial charge in [0.05, 0.1) is 0 Å². The van der Waals surface area contributed by atoms with E-state index in [9.17, 15) is 0 Å². The molecule has 0 atom stereocenters. The van der Waals surface area contributed by atoms with Crippen LogP contribution in [0.25, 0.3) is 11.5 Å². The van der Waals surface area contributed by atoms with Gasteiger partial charge in [-0.1, -0.05) is 17.3 Å². The zero-order chi connectivity index (χ0) is 13.9. The van der Waals surface area contributed by atoms with Crippen molar-refractivity contribution in [3.05, 3.63) is 35.7 Å². The maximum atomic E-state index is 5.60. The Hall–Kier alpha value is -1.72. The quantitative estimate of drug-likeness (QED) is 0.895. The largest absolute Gasteiger partial charge is 0.368 e. The van der Waals surface area contributed by atoms with E-state index in [1.54, 1.807) is 0 Å². The number of nitrogens with two attached hydrogens (primary N) is 1. The second-order valence-corrected chi connectivity index (χ2v) is 4.77. The fourth-order valence-corrected chi connectivity index (χ4v) is 1.79. The molecule has 5 nitrogen and oxygen atoms in total. The SMILES string of the molecule is CCOC(C)(C)c1noc(-c2ccc(CN)cc2)n1. The lowest BCUT2D eigenvalue weighted by Gasteiger charge is -2.19. The molecule has 0 spiro atoms. The molecule has 0 saturated carbocycles. The average molecular weight is 261 g/mol. The van der Waals surface area contributed by atoms with Gasteiger partial charge in [0.15, 0.2) is 0 Å². The molecule has 0 unspecified atom stereocenters. The van der Waals surface area contributed by atoms with Crippen LogP contribution >= 0.6 is 0 Å². The third kappa shape index (κ3) is 3.00. The maximum absolute atomic E-state index is 5.60. The number of hydrogen-bond acceptors (Lipinski definition) is 5. The zero-order valence-electron chi connectivity index (χ0n) is 11.5. The Morgan fingerprint density at radius 3 is 2.53 bits per heavy atom. The van der Waals surface area contributed by atoms with Crippen LogP contribution in [0.3, 0.4) is 0 Å². The first-order valence-electron chi connectivity index (χ1n) is 6.34. The summed E-state index contributed by atoms with van der Waals surface area (Å²) in [7, 11) is 0. The Kier molecular flexibility index (Phi) is 3.97. The molecule has 1 heterocycles. The molecule has 0 bridgehead atoms. The van der Waals surface area contributed by atoms with Crippen molar-refractivity contribution in [1.82, 2.24) is 10.1 Å². The molecule has 5 heteroatoms. The fraction of sp³-hybridized carbons (Fsp3) is 0.429. The zero-order valence-corrected chi connectivity index (χ0v) is 11.5. The molecule has 0 amide bonds. The molecule has 2 rings (SSSR count). The van der Waals surface area contributed by atoms with Crippen molar-refractivity contribution in [3.63, 3.8) is 0 Å². The smallest absolute Gasteiger partial charge is 0.258 e. The Morgan fingerprint density at radius 2 is 1.95 bits per heavy atom. The first-order valence-corrected chi connectivity index (χ1v) is 6.34. The molecule has 0 aliphatic heterocycles. The lowest BCUT2D eigenvalue weighted by Crippen LogP contribution is -2.23. The van der Waals surface area contributed by atoms with E-state index in [0.717, 1.165) is 11.1 Å². The van der Waals surface area contributed by atoms with Gasteiger partial charge in [0.25, 0.3) is 5.89 Å². The van der Waals surface area contributed by atoms with Gasteiger partial charge in [-0.15, -0.1) is 0 Å². The van der Waals surface area contributed by atoms with E-state index in [0.29, 0.717) is 24.9 Å². The minimum absolute atomic E-state index is 0.492. The van der Waals surface area contributed by atoms with Gasteiger partial charge in [-0.25, -0.2) is 0 Å². The fourth-order valence-electron chi connectivity index (χ4n) is 1.79. The third-order valence-corrected chi connectivity index (χ3v) is 2.91. The van der Waals surface area contributed by atoms with Gasteiger partial charge >= 0.3 is 0 Å². The highest BCUT2D eigenvalue weighted by molar-refractivity contribution is 5.53. The highest BCUT2D eigenvalue weighted by Gasteiger charge is 2.27. The van der Waals surface area contributed by atoms with Crippen molar-refractivity contribution in [2.24, 2.45) is 5.73 Å². The van der Waals surface area contributed by atoms with E-state index in [2.05, 4.69) is 10.1 Å². The number of hydrogen-bond donors (Lipinski definition) is 1. The van der Waals surface area contributed by atoms with Crippen LogP contribution in [0.15, 0.2) is 28.8 Å². The number of aromatic nitrogens is 2. The van der Waals surface area contributed by atoms with Gasteiger partial charge in [-0.3, -0.25) is 0 Å². The molecular formula is C14H19N3O2. The molecule has 2 aromatic rings. The molecule has 0 radical (unpaired) electrons. The first-order chi connectivity index (χ1) is 9.06. The van der Waals surface area contributed by atoms with E-state index in [1.807, 2.05) is 45.0 Å². The summed E-state index contributed by atoms with van der Waals surface area (Å²) in [6.07, 6.45) is 0. The van der Waals surface area contributed by atoms with E-state index in [-0.39, 0.29) is 0 Å². The summed E-state index contributed by atoms with van der Waals surface area (Å²) in [5, 5.41) is 3.99. The van der Waals surface area contributed by atoms with Crippen molar-refractivity contribution in [3.8, 4) is 11.5 Å². The Labute approximate surface area is 112 Å². The summed E-state index contributed by atoms with van der Waals surface area (Å²) in [6, 6.07) is 7.75. The third-order valence-electron chi connectivity index (χ3n) is 2.91. The van der Waals surface area contributed by atoms with Crippen LogP contribution in [0.5, 0.6) is 0 Å². The highest BCUT2D eigenvalue weighted by atomic mass is 16.5. The Balaban J connectivity index is 2.25. The molecule has 19 heavy (non-hydrogen) atoms. The maximum Gasteiger partial charge on any atom is 0.258 e. The summed E-state index contributed by atoms with van der Waals surface area (Å²) in [6.45, 7) is 6.90. The topological polar surface area (TPSA) is 74.2 Å². The Morgan fingerprint density at radius 1 is 1.26 bits per heavy atom. The Bertz CT molecular complexity index is 532. The molecule has 0 fully saturated rings. The summed E-state index contributed by atoms with van der Waals surface area (Å²) < 4.78 is 10.9. The average Bonchev–Trinajstić information content (AvgIpc) is 2.89. The van der Waals surface area contributed by atoms with Crippen molar-refractivity contribution in [1.29, 1.82) is 0 Å². The van der Waals surface area contributed by atoms with Gasteiger partial charge in [0, 0.05) is 18.7 Å². The van der Waals surface area contributed by atoms with E-state index in [4.69, 9.17) is 15.0 Å². The van der Waals surface area contributed by atoms with Crippen LogP contribution in [0.4, 0.5) is 0 Å². The van der Waals surface area contributed by atoms with Gasteiger partial charge in [-0.2, -0.15) is 4.98 Å². The van der Waals surface area contributed by atoms with Gasteiger partial charge < -0.3 is 15.0 Å². The van der Waals surface area contributed by atoms with Crippen LogP contribution in [0.1, 0.15) is 32.2 Å². The second-order valence-electron chi connectivity index (χ2n) is 4.77. The molecule has 2 N–H and O–H groups in total. The molecule has 0 saturated heterocycles. The predicted molar refractivity (Wildman–Crippen MR) is 72.3 cm³/mol. The minimum Gasteiger partial charge on any atom is -0.368 e. The second kappa shape index (κ2) is 5.50. The van der Waals surface area contributed by atoms with Crippen molar-refractivity contribution < 1.29 is 9.26 Å². The first kappa shape index (κ1) is 13.7. The molecule has 0 aliphatic rings. The van der Waals surface area contributed by atoms with E-state index < -0.39 is 5.60 Å². The van der Waals surface area contributed by atoms with E-state index >= 15 is 0 Å². The lowest BCUT2D eigenvalue weighted by atomic mass is 10.1. The van der Waals surface area contributed by atoms with Crippen molar-refractivity contribution >= 4 is 0 Å². The number of rotatable bonds is 5. The molecular weight excluding hydrogens is 242 g/mol. The standard InChI is InChI=1S/C14H19N3O2/c1-4-18-14(2,3)13-16-12(19-17-13)11-7-5-10(9-15)6-8-11/h5-8H,4,9,15H2,1-3H3. The normalized spacial score (nSPS) is 11.8. The van der Waals surface area contributed by atoms with Crippen LogP contribution in [0.2, 0.25) is 0 Å². The van der Waals surface area contributed by atoms with Crippen LogP contribution < -0.4 is 5.73 Å². The minimum atomic E-state index is -0.548. The summed E-state index contributed by atoms with van der Waals surface area (Å²) in [4.78, 5) is 4.39. The molecule has 0 aliphatic carbocycles. The summed E-state index contributed by atoms with van der Waals surface area (Å²) in [5.74, 6) is 1.04. The molecule has 102 valence electrons. The molecule has 1 aromatic carbocycles. The monoisotopic (exact) mass is 261 g/mol. The van der Waals surface area contributed by atoms with Crippen LogP contribution in [0, 0.1) is 0 Å². The van der Waals surface area contributed by atoms with Crippen molar-refractivity contribution in [2.45, 2.75) is 32.9 Å². The highest BCUT2D eigenvalue weighted by Crippen LogP contribution is 2.25. The number of nitrogens with zero attached hydrogens (tertiary/aromatic N) is 2. The molecule has 1 aromatic heterocycles. The number of benzene rings is 1. The van der Waals surface area contributed by atoms with Crippen molar-refractivity contribution in [2.75, 3.05) is 6.61 Å². The summed E-state index contributed by atoms with van der Waals surface area (Å²) in [5.41, 5.74) is 6.96. The predicted octanol–water partition coefficient (Wildman–Crippen LogP) is 2.47. The van der Waals surface area contributed by atoms with Crippen LogP contribution in [-0.2, 0) is 16.9 Å². The number of ether oxygens (including phenoxy) is 1. The lowest BCUT2D eigenvalue weighted by molar-refractivity contribution is -0.0221. The van der Waals surface area contributed by atoms with Gasteiger partial charge in [0.1, 0.15) is 5.60 Å². The van der Waals surface area contributed by atoms with Gasteiger partial charge in [0.2, 0.25) is 5.82 Å². The van der Waals surface area contributed by atoms with Crippen LogP contribution in [-0.4, -0.2) is 16.7 Å². The van der Waals surface area contributed by atoms with Gasteiger partial charge in [-0.05, 0) is 38.5 Å². The summed E-state index contributed by atoms with van der Waals surface area (Å²) >= 11 is 0.